The van der Waals surface area contributed by atoms with Crippen molar-refractivity contribution in [1.82, 2.24) is 20.2 Å². The normalized spacial score (nSPS) is 13.6. The molecule has 1 N–H and O–H groups in total. The van der Waals surface area contributed by atoms with Crippen LogP contribution in [0.5, 0.6) is 0 Å². The average Bonchev–Trinajstić information content (AvgIpc) is 3.23. The molecule has 0 unspecified atom stereocenters. The fourth-order valence-corrected chi connectivity index (χ4v) is 2.61. The number of benzene rings is 1. The summed E-state index contributed by atoms with van der Waals surface area (Å²) in [7, 11) is 1.72. The zero-order valence-corrected chi connectivity index (χ0v) is 14.6. The highest BCUT2D eigenvalue weighted by molar-refractivity contribution is 5.89. The van der Waals surface area contributed by atoms with Crippen LogP contribution in [-0.4, -0.2) is 33.3 Å². The van der Waals surface area contributed by atoms with E-state index in [4.69, 9.17) is 9.05 Å². The third-order valence-electron chi connectivity index (χ3n) is 4.21. The summed E-state index contributed by atoms with van der Waals surface area (Å²) < 4.78 is 10.4. The Morgan fingerprint density at radius 3 is 2.65 bits per heavy atom. The van der Waals surface area contributed by atoms with Crippen LogP contribution in [-0.2, 0) is 6.54 Å². The van der Waals surface area contributed by atoms with E-state index in [0.717, 1.165) is 29.9 Å². The molecule has 1 aliphatic carbocycles. The number of aromatic nitrogens is 3. The molecule has 8 heteroatoms. The van der Waals surface area contributed by atoms with Crippen LogP contribution in [0.2, 0.25) is 0 Å². The quantitative estimate of drug-likeness (QED) is 0.753. The SMILES string of the molecule is Cc1noc(-c2ccc(NC(=O)N(C)Cc3cc(C4CC4)on3)cc2)n1. The van der Waals surface area contributed by atoms with Crippen molar-refractivity contribution >= 4 is 11.7 Å². The minimum absolute atomic E-state index is 0.220. The number of rotatable bonds is 5. The van der Waals surface area contributed by atoms with Crippen LogP contribution in [0.15, 0.2) is 39.4 Å². The van der Waals surface area contributed by atoms with Crippen molar-refractivity contribution in [3.05, 3.63) is 47.6 Å². The molecular weight excluding hydrogens is 334 g/mol. The number of aryl methyl sites for hydroxylation is 1. The maximum absolute atomic E-state index is 12.3. The zero-order valence-electron chi connectivity index (χ0n) is 14.6. The van der Waals surface area contributed by atoms with Crippen molar-refractivity contribution in [3.63, 3.8) is 0 Å². The largest absolute Gasteiger partial charge is 0.361 e. The molecule has 2 amide bonds. The van der Waals surface area contributed by atoms with E-state index in [1.54, 1.807) is 31.0 Å². The first-order valence-electron chi connectivity index (χ1n) is 8.47. The molecule has 3 aromatic rings. The van der Waals surface area contributed by atoms with Gasteiger partial charge in [-0.25, -0.2) is 4.79 Å². The van der Waals surface area contributed by atoms with Gasteiger partial charge in [-0.2, -0.15) is 4.98 Å². The second kappa shape index (κ2) is 6.62. The van der Waals surface area contributed by atoms with Crippen molar-refractivity contribution in [2.24, 2.45) is 0 Å². The molecule has 1 saturated carbocycles. The molecule has 1 aromatic carbocycles. The van der Waals surface area contributed by atoms with Crippen LogP contribution in [0.1, 0.15) is 36.0 Å². The summed E-state index contributed by atoms with van der Waals surface area (Å²) in [4.78, 5) is 18.1. The highest BCUT2D eigenvalue weighted by Gasteiger charge is 2.28. The van der Waals surface area contributed by atoms with Gasteiger partial charge < -0.3 is 19.3 Å². The van der Waals surface area contributed by atoms with Crippen LogP contribution in [0, 0.1) is 6.92 Å². The molecule has 26 heavy (non-hydrogen) atoms. The maximum atomic E-state index is 12.3. The van der Waals surface area contributed by atoms with Gasteiger partial charge in [-0.1, -0.05) is 10.3 Å². The minimum Gasteiger partial charge on any atom is -0.361 e. The van der Waals surface area contributed by atoms with Gasteiger partial charge >= 0.3 is 6.03 Å². The molecule has 1 aliphatic rings. The third kappa shape index (κ3) is 3.58. The molecular formula is C18H19N5O3. The number of carbonyl (C=O) groups is 1. The molecule has 1 fully saturated rings. The second-order valence-corrected chi connectivity index (χ2v) is 6.51. The first kappa shape index (κ1) is 16.3. The zero-order chi connectivity index (χ0) is 18.1. The second-order valence-electron chi connectivity index (χ2n) is 6.51. The Kier molecular flexibility index (Phi) is 4.16. The van der Waals surface area contributed by atoms with Crippen LogP contribution in [0.3, 0.4) is 0 Å². The van der Waals surface area contributed by atoms with E-state index in [9.17, 15) is 4.79 Å². The van der Waals surface area contributed by atoms with E-state index < -0.39 is 0 Å². The summed E-state index contributed by atoms with van der Waals surface area (Å²) in [6, 6.07) is 8.94. The molecule has 0 atom stereocenters. The molecule has 134 valence electrons. The number of carbonyl (C=O) groups excluding carboxylic acids is 1. The van der Waals surface area contributed by atoms with Crippen molar-refractivity contribution in [3.8, 4) is 11.5 Å². The third-order valence-corrected chi connectivity index (χ3v) is 4.21. The molecule has 0 spiro atoms. The fourth-order valence-electron chi connectivity index (χ4n) is 2.61. The fraction of sp³-hybridized carbons (Fsp3) is 0.333. The lowest BCUT2D eigenvalue weighted by molar-refractivity contribution is 0.219. The molecule has 0 bridgehead atoms. The Morgan fingerprint density at radius 1 is 1.23 bits per heavy atom. The van der Waals surface area contributed by atoms with Gasteiger partial charge in [0.2, 0.25) is 0 Å². The van der Waals surface area contributed by atoms with Gasteiger partial charge in [0, 0.05) is 30.3 Å². The van der Waals surface area contributed by atoms with Gasteiger partial charge in [0.1, 0.15) is 11.5 Å². The van der Waals surface area contributed by atoms with Crippen LogP contribution >= 0.6 is 0 Å². The topological polar surface area (TPSA) is 97.3 Å². The molecule has 2 heterocycles. The van der Waals surface area contributed by atoms with E-state index in [0.29, 0.717) is 29.9 Å². The number of hydrogen-bond donors (Lipinski definition) is 1. The summed E-state index contributed by atoms with van der Waals surface area (Å²) in [5.41, 5.74) is 2.24. The number of nitrogens with one attached hydrogen (secondary N) is 1. The van der Waals surface area contributed by atoms with E-state index in [1.807, 2.05) is 18.2 Å². The molecule has 0 saturated heterocycles. The van der Waals surface area contributed by atoms with E-state index in [2.05, 4.69) is 20.6 Å². The molecule has 0 radical (unpaired) electrons. The van der Waals surface area contributed by atoms with Gasteiger partial charge in [-0.3, -0.25) is 0 Å². The number of anilines is 1. The van der Waals surface area contributed by atoms with E-state index in [1.165, 1.54) is 0 Å². The summed E-state index contributed by atoms with van der Waals surface area (Å²) in [6.45, 7) is 2.15. The highest BCUT2D eigenvalue weighted by atomic mass is 16.5. The lowest BCUT2D eigenvalue weighted by Gasteiger charge is -2.16. The predicted molar refractivity (Wildman–Crippen MR) is 93.4 cm³/mol. The highest BCUT2D eigenvalue weighted by Crippen LogP contribution is 2.40. The van der Waals surface area contributed by atoms with Gasteiger partial charge in [0.25, 0.3) is 5.89 Å². The predicted octanol–water partition coefficient (Wildman–Crippen LogP) is 3.57. The number of nitrogens with zero attached hydrogens (tertiary/aromatic N) is 4. The van der Waals surface area contributed by atoms with Crippen molar-refractivity contribution in [2.75, 3.05) is 12.4 Å². The number of amides is 2. The lowest BCUT2D eigenvalue weighted by Crippen LogP contribution is -2.30. The smallest absolute Gasteiger partial charge is 0.321 e. The summed E-state index contributed by atoms with van der Waals surface area (Å²) >= 11 is 0. The van der Waals surface area contributed by atoms with Crippen LogP contribution in [0.4, 0.5) is 10.5 Å². The van der Waals surface area contributed by atoms with Crippen molar-refractivity contribution in [2.45, 2.75) is 32.2 Å². The van der Waals surface area contributed by atoms with Crippen LogP contribution < -0.4 is 5.32 Å². The first-order valence-corrected chi connectivity index (χ1v) is 8.47. The first-order chi connectivity index (χ1) is 12.6. The van der Waals surface area contributed by atoms with Crippen molar-refractivity contribution in [1.29, 1.82) is 0 Å². The van der Waals surface area contributed by atoms with Gasteiger partial charge in [0.05, 0.1) is 6.54 Å². The van der Waals surface area contributed by atoms with E-state index >= 15 is 0 Å². The lowest BCUT2D eigenvalue weighted by atomic mass is 10.2. The van der Waals surface area contributed by atoms with Crippen LogP contribution in [0.25, 0.3) is 11.5 Å². The summed E-state index contributed by atoms with van der Waals surface area (Å²) in [5.74, 6) is 2.46. The Labute approximate surface area is 150 Å². The Morgan fingerprint density at radius 2 is 2.00 bits per heavy atom. The minimum atomic E-state index is -0.220. The van der Waals surface area contributed by atoms with Gasteiger partial charge in [-0.05, 0) is 44.0 Å². The Hall–Kier alpha value is -3.16. The summed E-state index contributed by atoms with van der Waals surface area (Å²) in [5, 5.41) is 10.7. The Bertz CT molecular complexity index is 911. The molecule has 2 aromatic heterocycles. The summed E-state index contributed by atoms with van der Waals surface area (Å²) in [6.07, 6.45) is 2.31. The number of urea groups is 1. The maximum Gasteiger partial charge on any atom is 0.321 e. The van der Waals surface area contributed by atoms with Crippen molar-refractivity contribution < 1.29 is 13.8 Å². The monoisotopic (exact) mass is 353 g/mol. The molecule has 8 nitrogen and oxygen atoms in total. The standard InChI is InChI=1S/C18H19N5O3/c1-11-19-17(26-21-11)13-5-7-14(8-6-13)20-18(24)23(2)10-15-9-16(25-22-15)12-3-4-12/h5-9,12H,3-4,10H2,1-2H3,(H,20,24). The number of hydrogen-bond acceptors (Lipinski definition) is 6. The average molecular weight is 353 g/mol. The van der Waals surface area contributed by atoms with Gasteiger partial charge in [0.15, 0.2) is 5.82 Å². The molecule has 0 aliphatic heterocycles. The van der Waals surface area contributed by atoms with E-state index in [-0.39, 0.29) is 6.03 Å². The Balaban J connectivity index is 1.35. The van der Waals surface area contributed by atoms with Gasteiger partial charge in [-0.15, -0.1) is 0 Å². The molecule has 4 rings (SSSR count).